The molecule has 1 aromatic heterocycles. The Labute approximate surface area is 128 Å². The van der Waals surface area contributed by atoms with Crippen LogP contribution in [-0.4, -0.2) is 28.4 Å². The summed E-state index contributed by atoms with van der Waals surface area (Å²) < 4.78 is 6.56. The Morgan fingerprint density at radius 3 is 2.45 bits per heavy atom. The quantitative estimate of drug-likeness (QED) is 0.850. The van der Waals surface area contributed by atoms with Gasteiger partial charge in [-0.05, 0) is 38.1 Å². The van der Waals surface area contributed by atoms with E-state index in [-0.39, 0.29) is 5.97 Å². The normalized spacial score (nSPS) is 10.1. The van der Waals surface area contributed by atoms with E-state index in [4.69, 9.17) is 4.74 Å². The molecule has 1 heterocycles. The SMILES string of the molecule is CCOC(=O)c1ccc(NC(=O)Nc2cc(C)n(C)n2)cc1. The van der Waals surface area contributed by atoms with Crippen LogP contribution in [0, 0.1) is 6.92 Å². The minimum atomic E-state index is -0.401. The molecule has 2 N–H and O–H groups in total. The molecule has 0 saturated heterocycles. The maximum atomic E-state index is 11.9. The largest absolute Gasteiger partial charge is 0.462 e. The number of hydrogen-bond acceptors (Lipinski definition) is 4. The van der Waals surface area contributed by atoms with E-state index in [0.717, 1.165) is 5.69 Å². The maximum Gasteiger partial charge on any atom is 0.338 e. The molecule has 0 bridgehead atoms. The van der Waals surface area contributed by atoms with Crippen LogP contribution in [0.25, 0.3) is 0 Å². The number of ether oxygens (including phenoxy) is 1. The van der Waals surface area contributed by atoms with Crippen molar-refractivity contribution in [3.05, 3.63) is 41.6 Å². The highest BCUT2D eigenvalue weighted by Gasteiger charge is 2.08. The summed E-state index contributed by atoms with van der Waals surface area (Å²) in [6, 6.07) is 7.83. The summed E-state index contributed by atoms with van der Waals surface area (Å²) in [5, 5.41) is 9.44. The van der Waals surface area contributed by atoms with Gasteiger partial charge in [-0.25, -0.2) is 9.59 Å². The lowest BCUT2D eigenvalue weighted by atomic mass is 10.2. The third-order valence-electron chi connectivity index (χ3n) is 3.01. The predicted octanol–water partition coefficient (Wildman–Crippen LogP) is 2.55. The van der Waals surface area contributed by atoms with E-state index in [2.05, 4.69) is 15.7 Å². The molecule has 2 rings (SSSR count). The number of carbonyl (C=O) groups excluding carboxylic acids is 2. The molecule has 0 aliphatic heterocycles. The van der Waals surface area contributed by atoms with Crippen molar-refractivity contribution in [3.63, 3.8) is 0 Å². The van der Waals surface area contributed by atoms with Gasteiger partial charge in [-0.2, -0.15) is 5.10 Å². The number of amides is 2. The number of nitrogens with one attached hydrogen (secondary N) is 2. The molecule has 0 saturated carbocycles. The molecule has 22 heavy (non-hydrogen) atoms. The van der Waals surface area contributed by atoms with Gasteiger partial charge >= 0.3 is 12.0 Å². The van der Waals surface area contributed by atoms with Gasteiger partial charge in [-0.3, -0.25) is 10.00 Å². The predicted molar refractivity (Wildman–Crippen MR) is 83.0 cm³/mol. The summed E-state index contributed by atoms with van der Waals surface area (Å²) in [5.74, 6) is 0.0862. The zero-order valence-electron chi connectivity index (χ0n) is 12.7. The Hall–Kier alpha value is -2.83. The van der Waals surface area contributed by atoms with E-state index >= 15 is 0 Å². The summed E-state index contributed by atoms with van der Waals surface area (Å²) in [7, 11) is 1.80. The van der Waals surface area contributed by atoms with Gasteiger partial charge in [0.2, 0.25) is 0 Å². The fourth-order valence-electron chi connectivity index (χ4n) is 1.80. The van der Waals surface area contributed by atoms with Crippen molar-refractivity contribution in [2.75, 3.05) is 17.2 Å². The zero-order chi connectivity index (χ0) is 16.1. The number of aryl methyl sites for hydroxylation is 2. The number of benzene rings is 1. The van der Waals surface area contributed by atoms with Crippen molar-refractivity contribution in [2.45, 2.75) is 13.8 Å². The molecule has 116 valence electrons. The molecule has 7 nitrogen and oxygen atoms in total. The fourth-order valence-corrected chi connectivity index (χ4v) is 1.80. The van der Waals surface area contributed by atoms with Crippen LogP contribution in [0.3, 0.4) is 0 Å². The molecule has 0 spiro atoms. The molecule has 0 aliphatic carbocycles. The highest BCUT2D eigenvalue weighted by Crippen LogP contribution is 2.12. The van der Waals surface area contributed by atoms with E-state index in [0.29, 0.717) is 23.7 Å². The van der Waals surface area contributed by atoms with Crippen molar-refractivity contribution in [3.8, 4) is 0 Å². The number of carbonyl (C=O) groups is 2. The average molecular weight is 302 g/mol. The van der Waals surface area contributed by atoms with Crippen LogP contribution in [0.5, 0.6) is 0 Å². The van der Waals surface area contributed by atoms with Crippen LogP contribution < -0.4 is 10.6 Å². The van der Waals surface area contributed by atoms with Gasteiger partial charge in [0.25, 0.3) is 0 Å². The van der Waals surface area contributed by atoms with Gasteiger partial charge in [0.15, 0.2) is 5.82 Å². The Morgan fingerprint density at radius 2 is 1.91 bits per heavy atom. The maximum absolute atomic E-state index is 11.9. The van der Waals surface area contributed by atoms with Crippen molar-refractivity contribution in [2.24, 2.45) is 7.05 Å². The van der Waals surface area contributed by atoms with Gasteiger partial charge in [-0.1, -0.05) is 0 Å². The van der Waals surface area contributed by atoms with Crippen LogP contribution in [0.4, 0.5) is 16.3 Å². The minimum absolute atomic E-state index is 0.324. The van der Waals surface area contributed by atoms with Gasteiger partial charge in [-0.15, -0.1) is 0 Å². The molecule has 0 fully saturated rings. The van der Waals surface area contributed by atoms with Gasteiger partial charge in [0.1, 0.15) is 0 Å². The first-order valence-corrected chi connectivity index (χ1v) is 6.85. The van der Waals surface area contributed by atoms with E-state index in [9.17, 15) is 9.59 Å². The second kappa shape index (κ2) is 6.75. The number of esters is 1. The molecule has 7 heteroatoms. The second-order valence-electron chi connectivity index (χ2n) is 4.67. The first kappa shape index (κ1) is 15.6. The lowest BCUT2D eigenvalue weighted by Crippen LogP contribution is -2.19. The van der Waals surface area contributed by atoms with Crippen LogP contribution in [0.1, 0.15) is 23.0 Å². The second-order valence-corrected chi connectivity index (χ2v) is 4.67. The topological polar surface area (TPSA) is 85.2 Å². The molecule has 0 atom stereocenters. The summed E-state index contributed by atoms with van der Waals surface area (Å²) in [5.41, 5.74) is 1.94. The van der Waals surface area contributed by atoms with E-state index < -0.39 is 6.03 Å². The average Bonchev–Trinajstić information content (AvgIpc) is 2.78. The third-order valence-corrected chi connectivity index (χ3v) is 3.01. The van der Waals surface area contributed by atoms with Crippen molar-refractivity contribution in [1.82, 2.24) is 9.78 Å². The number of nitrogens with zero attached hydrogens (tertiary/aromatic N) is 2. The standard InChI is InChI=1S/C15H18N4O3/c1-4-22-14(20)11-5-7-12(8-6-11)16-15(21)17-13-9-10(2)19(3)18-13/h5-9H,4H2,1-3H3,(H2,16,17,18,21). The Bertz CT molecular complexity index is 657. The molecular weight excluding hydrogens is 284 g/mol. The number of hydrogen-bond donors (Lipinski definition) is 2. The summed E-state index contributed by atoms with van der Waals surface area (Å²) in [6.45, 7) is 3.96. The number of rotatable bonds is 4. The fraction of sp³-hybridized carbons (Fsp3) is 0.267. The highest BCUT2D eigenvalue weighted by atomic mass is 16.5. The highest BCUT2D eigenvalue weighted by molar-refractivity contribution is 5.99. The summed E-state index contributed by atoms with van der Waals surface area (Å²) in [6.07, 6.45) is 0. The lowest BCUT2D eigenvalue weighted by molar-refractivity contribution is 0.0526. The molecule has 2 amide bonds. The van der Waals surface area contributed by atoms with Crippen molar-refractivity contribution < 1.29 is 14.3 Å². The summed E-state index contributed by atoms with van der Waals surface area (Å²) >= 11 is 0. The van der Waals surface area contributed by atoms with Crippen LogP contribution in [0.2, 0.25) is 0 Å². The van der Waals surface area contributed by atoms with Crippen LogP contribution in [-0.2, 0) is 11.8 Å². The third kappa shape index (κ3) is 3.85. The zero-order valence-corrected chi connectivity index (χ0v) is 12.7. The molecule has 0 unspecified atom stereocenters. The lowest BCUT2D eigenvalue weighted by Gasteiger charge is -2.06. The van der Waals surface area contributed by atoms with Crippen LogP contribution >= 0.6 is 0 Å². The monoisotopic (exact) mass is 302 g/mol. The van der Waals surface area contributed by atoms with Crippen LogP contribution in [0.15, 0.2) is 30.3 Å². The molecule has 0 radical (unpaired) electrons. The number of urea groups is 1. The van der Waals surface area contributed by atoms with Crippen molar-refractivity contribution in [1.29, 1.82) is 0 Å². The molecule has 0 aliphatic rings. The van der Waals surface area contributed by atoms with Gasteiger partial charge in [0.05, 0.1) is 12.2 Å². The first-order valence-electron chi connectivity index (χ1n) is 6.85. The smallest absolute Gasteiger partial charge is 0.338 e. The number of anilines is 2. The van der Waals surface area contributed by atoms with Gasteiger partial charge in [0, 0.05) is 24.5 Å². The van der Waals surface area contributed by atoms with Crippen molar-refractivity contribution >= 4 is 23.5 Å². The molecule has 2 aromatic rings. The number of aromatic nitrogens is 2. The van der Waals surface area contributed by atoms with E-state index in [1.165, 1.54) is 0 Å². The van der Waals surface area contributed by atoms with Gasteiger partial charge < -0.3 is 10.1 Å². The Balaban J connectivity index is 1.95. The minimum Gasteiger partial charge on any atom is -0.462 e. The Kier molecular flexibility index (Phi) is 4.77. The first-order chi connectivity index (χ1) is 10.5. The Morgan fingerprint density at radius 1 is 1.23 bits per heavy atom. The summed E-state index contributed by atoms with van der Waals surface area (Å²) in [4.78, 5) is 23.4. The molecular formula is C15H18N4O3. The van der Waals surface area contributed by atoms with E-state index in [1.807, 2.05) is 6.92 Å². The van der Waals surface area contributed by atoms with E-state index in [1.54, 1.807) is 49.0 Å². The molecule has 1 aromatic carbocycles.